The second-order valence-electron chi connectivity index (χ2n) is 18.6. The summed E-state index contributed by atoms with van der Waals surface area (Å²) >= 11 is 0. The number of fused-ring (bicyclic) bond motifs is 5. The van der Waals surface area contributed by atoms with E-state index in [0.717, 1.165) is 81.5 Å². The van der Waals surface area contributed by atoms with E-state index in [4.69, 9.17) is 29.9 Å². The third-order valence-electron chi connectivity index (χ3n) is 13.4. The third-order valence-corrected chi connectivity index (χ3v) is 13.4. The minimum atomic E-state index is -0.731. The molecule has 1 unspecified atom stereocenters. The van der Waals surface area contributed by atoms with Crippen LogP contribution in [0.1, 0.15) is 95.9 Å². The summed E-state index contributed by atoms with van der Waals surface area (Å²) in [7, 11) is 1.29. The molecule has 5 atom stereocenters. The van der Waals surface area contributed by atoms with Gasteiger partial charge in [-0.15, -0.1) is 0 Å². The number of likely N-dealkylation sites (tertiary alicyclic amines) is 2. The van der Waals surface area contributed by atoms with Crippen molar-refractivity contribution in [2.45, 2.75) is 97.1 Å². The number of aliphatic hydroxyl groups is 1. The van der Waals surface area contributed by atoms with Crippen LogP contribution in [0.15, 0.2) is 96.8 Å². The van der Waals surface area contributed by atoms with Crippen molar-refractivity contribution in [3.63, 3.8) is 0 Å². The fraction of sp³-hybridized carbons (Fsp3) is 0.415. The van der Waals surface area contributed by atoms with Gasteiger partial charge in [0.15, 0.2) is 0 Å². The Morgan fingerprint density at radius 1 is 1.01 bits per heavy atom. The number of amides is 3. The van der Waals surface area contributed by atoms with Crippen LogP contribution in [0.5, 0.6) is 11.5 Å². The molecule has 15 heteroatoms. The Balaban J connectivity index is 1.12. The van der Waals surface area contributed by atoms with E-state index < -0.39 is 24.4 Å². The minimum Gasteiger partial charge on any atom is -0.493 e. The first kappa shape index (κ1) is 47.8. The number of carbonyl (C=O) groups is 3. The summed E-state index contributed by atoms with van der Waals surface area (Å²) in [6.07, 6.45) is 7.95. The van der Waals surface area contributed by atoms with E-state index in [1.54, 1.807) is 17.2 Å². The van der Waals surface area contributed by atoms with Gasteiger partial charge in [0.25, 0.3) is 0 Å². The number of hydrogen-bond donors (Lipinski definition) is 4. The number of allylic oxidation sites excluding steroid dienone is 1. The van der Waals surface area contributed by atoms with E-state index >= 15 is 0 Å². The van der Waals surface area contributed by atoms with Crippen molar-refractivity contribution in [1.29, 1.82) is 0 Å². The zero-order chi connectivity index (χ0) is 48.2. The van der Waals surface area contributed by atoms with Gasteiger partial charge < -0.3 is 49.7 Å². The Labute approximate surface area is 398 Å². The van der Waals surface area contributed by atoms with Crippen LogP contribution in [0.25, 0.3) is 39.0 Å². The first-order chi connectivity index (χ1) is 32.8. The maximum Gasteiger partial charge on any atom is 0.407 e. The molecule has 8 rings (SSSR count). The summed E-state index contributed by atoms with van der Waals surface area (Å²) < 4.78 is 20.1. The number of alkyl carbamates (subject to hydrolysis) is 1. The molecule has 3 aliphatic rings. The molecule has 3 aliphatic heterocycles. The molecule has 0 aliphatic carbocycles. The van der Waals surface area contributed by atoms with Crippen LogP contribution in [0.2, 0.25) is 0 Å². The maximum absolute atomic E-state index is 13.8. The lowest BCUT2D eigenvalue weighted by atomic mass is 10.0. The van der Waals surface area contributed by atoms with Crippen LogP contribution in [0, 0.1) is 11.8 Å². The van der Waals surface area contributed by atoms with Crippen LogP contribution in [0.4, 0.5) is 4.79 Å². The molecule has 5 aromatic rings. The Kier molecular flexibility index (Phi) is 14.5. The average Bonchev–Trinajstić information content (AvgIpc) is 4.19. The second kappa shape index (κ2) is 20.7. The fourth-order valence-corrected chi connectivity index (χ4v) is 9.52. The normalized spacial score (nSPS) is 19.2. The lowest BCUT2D eigenvalue weighted by Gasteiger charge is -2.31. The van der Waals surface area contributed by atoms with Crippen molar-refractivity contribution in [3.05, 3.63) is 109 Å². The molecule has 0 saturated carbocycles. The molecular formula is C53H64N8O7. The van der Waals surface area contributed by atoms with Gasteiger partial charge in [-0.2, -0.15) is 0 Å². The molecule has 358 valence electrons. The Hall–Kier alpha value is -6.71. The van der Waals surface area contributed by atoms with Gasteiger partial charge in [0, 0.05) is 54.4 Å². The summed E-state index contributed by atoms with van der Waals surface area (Å²) in [6.45, 7) is 15.4. The van der Waals surface area contributed by atoms with Crippen LogP contribution >= 0.6 is 0 Å². The SMILES string of the molecule is C=CC(=N/C=C(\C)c1ccc2c(c1)cc1n2C(c2cccc(OCCCO)c2)Oc2cc(-c3cnc([C@@H]4CCCN4C(=O)[C@@H](NC(=O)OC)C(C)C)[nH]3)ccc2-1)[C@@H]1CCCN1C(=O)[C@@H](N)C(C)C. The largest absolute Gasteiger partial charge is 0.493 e. The molecule has 2 aromatic heterocycles. The highest BCUT2D eigenvalue weighted by atomic mass is 16.5. The number of aliphatic imine (C=N–C) groups is 1. The number of aromatic amines is 1. The molecule has 15 nitrogen and oxygen atoms in total. The molecule has 2 fully saturated rings. The predicted octanol–water partition coefficient (Wildman–Crippen LogP) is 8.41. The van der Waals surface area contributed by atoms with Crippen molar-refractivity contribution in [1.82, 2.24) is 29.7 Å². The first-order valence-corrected chi connectivity index (χ1v) is 23.7. The number of nitrogens with zero attached hydrogens (tertiary/aromatic N) is 5. The number of H-pyrrole nitrogens is 1. The molecule has 0 spiro atoms. The number of nitrogens with two attached hydrogens (primary N) is 1. The second-order valence-corrected chi connectivity index (χ2v) is 18.6. The minimum absolute atomic E-state index is 0.0355. The summed E-state index contributed by atoms with van der Waals surface area (Å²) in [5.41, 5.74) is 14.4. The number of aliphatic hydroxyl groups excluding tert-OH is 1. The standard InChI is InChI=1S/C53H64N8O7/c1-8-40(43-15-10-21-59(43)50(63)47(54)31(2)3)55-29-33(6)34-18-20-42-37(25-34)27-45-39-19-17-35(28-46(39)68-52(61(42)45)36-13-9-14-38(26-36)67-24-12-23-62)41-30-56-49(57-41)44-16-11-22-60(44)51(64)48(32(4)5)58-53(65)66-7/h8-9,13-14,17-20,25-32,43-44,47-48,52,62H,1,10-12,15-16,21-24,54H2,2-7H3,(H,56,57)(H,58,65)/b33-29+,55-40?/t43-,44-,47-,48-,52?/m0/s1. The van der Waals surface area contributed by atoms with Crippen LogP contribution in [0.3, 0.4) is 0 Å². The number of nitrogens with one attached hydrogen (secondary N) is 2. The third kappa shape index (κ3) is 9.68. The topological polar surface area (TPSA) is 190 Å². The molecule has 3 aromatic carbocycles. The smallest absolute Gasteiger partial charge is 0.407 e. The van der Waals surface area contributed by atoms with Crippen LogP contribution in [-0.4, -0.2) is 105 Å². The predicted molar refractivity (Wildman–Crippen MR) is 264 cm³/mol. The lowest BCUT2D eigenvalue weighted by Crippen LogP contribution is -2.51. The van der Waals surface area contributed by atoms with Gasteiger partial charge in [-0.25, -0.2) is 9.78 Å². The number of hydrogen-bond acceptors (Lipinski definition) is 10. The number of imidazole rings is 1. The van der Waals surface area contributed by atoms with Crippen molar-refractivity contribution >= 4 is 40.1 Å². The Bertz CT molecular complexity index is 2730. The van der Waals surface area contributed by atoms with E-state index in [0.29, 0.717) is 43.4 Å². The molecule has 2 saturated heterocycles. The molecule has 0 bridgehead atoms. The maximum atomic E-state index is 13.8. The van der Waals surface area contributed by atoms with Gasteiger partial charge in [0.05, 0.1) is 60.7 Å². The highest BCUT2D eigenvalue weighted by Gasteiger charge is 2.38. The lowest BCUT2D eigenvalue weighted by molar-refractivity contribution is -0.135. The van der Waals surface area contributed by atoms with Crippen molar-refractivity contribution in [2.24, 2.45) is 22.6 Å². The van der Waals surface area contributed by atoms with Crippen molar-refractivity contribution in [3.8, 4) is 34.0 Å². The van der Waals surface area contributed by atoms with E-state index in [9.17, 15) is 19.5 Å². The molecule has 3 amide bonds. The summed E-state index contributed by atoms with van der Waals surface area (Å²) in [5.74, 6) is 1.72. The van der Waals surface area contributed by atoms with Gasteiger partial charge in [-0.3, -0.25) is 14.6 Å². The summed E-state index contributed by atoms with van der Waals surface area (Å²) in [5, 5.41) is 13.1. The van der Waals surface area contributed by atoms with Crippen molar-refractivity contribution < 1.29 is 33.7 Å². The average molecular weight is 925 g/mol. The molecule has 68 heavy (non-hydrogen) atoms. The van der Waals surface area contributed by atoms with E-state index in [1.165, 1.54) is 7.11 Å². The quantitative estimate of drug-likeness (QED) is 0.0556. The number of carbonyl (C=O) groups excluding carboxylic acids is 3. The van der Waals surface area contributed by atoms with Gasteiger partial charge in [0.2, 0.25) is 18.0 Å². The van der Waals surface area contributed by atoms with Gasteiger partial charge in [0.1, 0.15) is 23.4 Å². The van der Waals surface area contributed by atoms with Crippen LogP contribution < -0.4 is 20.5 Å². The Morgan fingerprint density at radius 3 is 2.56 bits per heavy atom. The summed E-state index contributed by atoms with van der Waals surface area (Å²) in [4.78, 5) is 56.2. The van der Waals surface area contributed by atoms with Gasteiger partial charge in [-0.1, -0.05) is 58.5 Å². The Morgan fingerprint density at radius 2 is 1.81 bits per heavy atom. The van der Waals surface area contributed by atoms with E-state index in [2.05, 4.69) is 51.8 Å². The number of rotatable bonds is 16. The fourth-order valence-electron chi connectivity index (χ4n) is 9.52. The highest BCUT2D eigenvalue weighted by Crippen LogP contribution is 2.46. The number of ether oxygens (including phenoxy) is 3. The number of aromatic nitrogens is 3. The molecule has 5 heterocycles. The molecular weight excluding hydrogens is 861 g/mol. The van der Waals surface area contributed by atoms with E-state index in [1.807, 2.05) is 82.1 Å². The number of methoxy groups -OCH3 is 1. The summed E-state index contributed by atoms with van der Waals surface area (Å²) in [6, 6.07) is 20.8. The number of benzene rings is 3. The monoisotopic (exact) mass is 924 g/mol. The highest BCUT2D eigenvalue weighted by molar-refractivity contribution is 6.02. The van der Waals surface area contributed by atoms with Crippen molar-refractivity contribution in [2.75, 3.05) is 33.4 Å². The molecule has 0 radical (unpaired) electrons. The van der Waals surface area contributed by atoms with Gasteiger partial charge in [-0.05, 0) is 104 Å². The zero-order valence-corrected chi connectivity index (χ0v) is 39.9. The van der Waals surface area contributed by atoms with E-state index in [-0.39, 0.29) is 42.3 Å². The van der Waals surface area contributed by atoms with Gasteiger partial charge >= 0.3 is 6.09 Å². The first-order valence-electron chi connectivity index (χ1n) is 23.7. The zero-order valence-electron chi connectivity index (χ0n) is 39.9. The van der Waals surface area contributed by atoms with Crippen LogP contribution in [-0.2, 0) is 14.3 Å². The molecule has 5 N–H and O–H groups in total.